The number of carboxylic acid groups (broad SMARTS) is 1. The first-order chi connectivity index (χ1) is 13.1. The first-order valence-electron chi connectivity index (χ1n) is 9.18. The molecule has 1 heterocycles. The number of hydrogen-bond acceptors (Lipinski definition) is 6. The van der Waals surface area contributed by atoms with Crippen LogP contribution in [-0.4, -0.2) is 67.3 Å². The molecule has 2 N–H and O–H groups in total. The second-order valence-electron chi connectivity index (χ2n) is 7.37. The van der Waals surface area contributed by atoms with Crippen molar-refractivity contribution in [2.24, 2.45) is 5.92 Å². The molecule has 0 spiro atoms. The highest BCUT2D eigenvalue weighted by molar-refractivity contribution is 5.95. The molecule has 9 nitrogen and oxygen atoms in total. The van der Waals surface area contributed by atoms with E-state index in [1.165, 1.54) is 23.9 Å². The number of carboxylic acids is 1. The third-order valence-corrected chi connectivity index (χ3v) is 5.21. The smallest absolute Gasteiger partial charge is 0.317 e. The molecule has 0 saturated heterocycles. The Labute approximate surface area is 156 Å². The normalized spacial score (nSPS) is 21.7. The average molecular weight is 370 g/mol. The number of tetrazole rings is 1. The van der Waals surface area contributed by atoms with Crippen LogP contribution in [0.15, 0.2) is 30.6 Å². The van der Waals surface area contributed by atoms with Crippen LogP contribution in [0.4, 0.5) is 0 Å². The molecule has 0 atom stereocenters. The zero-order valence-electron chi connectivity index (χ0n) is 14.9. The minimum atomic E-state index is -0.789. The molecular weight excluding hydrogens is 348 g/mol. The molecule has 1 aromatic heterocycles. The Morgan fingerprint density at radius 1 is 1.30 bits per heavy atom. The van der Waals surface area contributed by atoms with Crippen molar-refractivity contribution in [3.63, 3.8) is 0 Å². The number of carbonyl (C=O) groups excluding carboxylic acids is 1. The van der Waals surface area contributed by atoms with Crippen molar-refractivity contribution in [3.05, 3.63) is 36.2 Å². The number of carbonyl (C=O) groups is 2. The summed E-state index contributed by atoms with van der Waals surface area (Å²) in [5.74, 6) is -0.282. The summed E-state index contributed by atoms with van der Waals surface area (Å²) in [7, 11) is 0. The van der Waals surface area contributed by atoms with E-state index < -0.39 is 5.97 Å². The quantitative estimate of drug-likeness (QED) is 0.704. The number of amides is 1. The van der Waals surface area contributed by atoms with Gasteiger partial charge in [-0.25, -0.2) is 4.68 Å². The number of benzene rings is 1. The van der Waals surface area contributed by atoms with Crippen LogP contribution in [0.25, 0.3) is 5.69 Å². The lowest BCUT2D eigenvalue weighted by Gasteiger charge is -2.42. The van der Waals surface area contributed by atoms with E-state index in [0.29, 0.717) is 11.5 Å². The van der Waals surface area contributed by atoms with Gasteiger partial charge < -0.3 is 10.4 Å². The fourth-order valence-electron chi connectivity index (χ4n) is 3.49. The molecule has 142 valence electrons. The molecule has 0 bridgehead atoms. The van der Waals surface area contributed by atoms with Crippen molar-refractivity contribution >= 4 is 11.9 Å². The minimum Gasteiger partial charge on any atom is -0.480 e. The summed E-state index contributed by atoms with van der Waals surface area (Å²) < 4.78 is 1.50. The maximum absolute atomic E-state index is 12.5. The summed E-state index contributed by atoms with van der Waals surface area (Å²) in [4.78, 5) is 25.7. The van der Waals surface area contributed by atoms with Crippen LogP contribution in [-0.2, 0) is 4.79 Å². The van der Waals surface area contributed by atoms with Gasteiger partial charge in [-0.1, -0.05) is 6.07 Å². The zero-order valence-corrected chi connectivity index (χ0v) is 14.9. The number of nitrogens with zero attached hydrogens (tertiary/aromatic N) is 5. The first kappa shape index (κ1) is 17.6. The van der Waals surface area contributed by atoms with Crippen LogP contribution in [0.2, 0.25) is 0 Å². The molecule has 0 unspecified atom stereocenters. The van der Waals surface area contributed by atoms with Crippen LogP contribution in [0.3, 0.4) is 0 Å². The Bertz CT molecular complexity index is 814. The van der Waals surface area contributed by atoms with Gasteiger partial charge in [0.1, 0.15) is 6.33 Å². The third-order valence-electron chi connectivity index (χ3n) is 5.21. The highest BCUT2D eigenvalue weighted by Crippen LogP contribution is 2.33. The van der Waals surface area contributed by atoms with E-state index in [1.807, 2.05) is 6.07 Å². The van der Waals surface area contributed by atoms with E-state index in [9.17, 15) is 9.59 Å². The Hall–Kier alpha value is -2.81. The van der Waals surface area contributed by atoms with Gasteiger partial charge in [0.15, 0.2) is 0 Å². The van der Waals surface area contributed by atoms with Crippen molar-refractivity contribution in [1.29, 1.82) is 0 Å². The fourth-order valence-corrected chi connectivity index (χ4v) is 3.49. The molecule has 0 aliphatic heterocycles. The molecule has 2 aromatic rings. The van der Waals surface area contributed by atoms with Gasteiger partial charge in [0, 0.05) is 24.2 Å². The molecule has 2 aliphatic carbocycles. The monoisotopic (exact) mass is 370 g/mol. The maximum Gasteiger partial charge on any atom is 0.317 e. The largest absolute Gasteiger partial charge is 0.480 e. The molecule has 4 rings (SSSR count). The molecule has 27 heavy (non-hydrogen) atoms. The molecular formula is C18H22N6O3. The first-order valence-corrected chi connectivity index (χ1v) is 9.18. The van der Waals surface area contributed by atoms with E-state index in [1.54, 1.807) is 18.2 Å². The number of aromatic nitrogens is 4. The summed E-state index contributed by atoms with van der Waals surface area (Å²) in [6, 6.07) is 7.43. The van der Waals surface area contributed by atoms with E-state index >= 15 is 0 Å². The lowest BCUT2D eigenvalue weighted by molar-refractivity contribution is -0.139. The molecule has 0 radical (unpaired) electrons. The van der Waals surface area contributed by atoms with Gasteiger partial charge in [0.2, 0.25) is 0 Å². The summed E-state index contributed by atoms with van der Waals surface area (Å²) in [6.07, 6.45) is 5.45. The Balaban J connectivity index is 1.32. The van der Waals surface area contributed by atoms with E-state index in [0.717, 1.165) is 25.1 Å². The average Bonchev–Trinajstić information content (AvgIpc) is 3.25. The lowest BCUT2D eigenvalue weighted by atomic mass is 9.85. The van der Waals surface area contributed by atoms with E-state index in [4.69, 9.17) is 5.11 Å². The molecule has 1 amide bonds. The minimum absolute atomic E-state index is 0.0784. The Morgan fingerprint density at radius 2 is 2.11 bits per heavy atom. The van der Waals surface area contributed by atoms with Gasteiger partial charge in [-0.3, -0.25) is 14.5 Å². The molecule has 2 aliphatic rings. The van der Waals surface area contributed by atoms with Crippen LogP contribution in [0.1, 0.15) is 36.0 Å². The van der Waals surface area contributed by atoms with Crippen molar-refractivity contribution < 1.29 is 14.7 Å². The third kappa shape index (κ3) is 4.30. The van der Waals surface area contributed by atoms with Crippen molar-refractivity contribution in [2.45, 2.75) is 37.8 Å². The molecule has 2 saturated carbocycles. The summed E-state index contributed by atoms with van der Waals surface area (Å²) >= 11 is 0. The van der Waals surface area contributed by atoms with E-state index in [2.05, 4.69) is 25.7 Å². The predicted octanol–water partition coefficient (Wildman–Crippen LogP) is 0.720. The van der Waals surface area contributed by atoms with Gasteiger partial charge >= 0.3 is 5.97 Å². The highest BCUT2D eigenvalue weighted by Gasteiger charge is 2.37. The lowest BCUT2D eigenvalue weighted by Crippen LogP contribution is -2.55. The number of rotatable bonds is 8. The van der Waals surface area contributed by atoms with Gasteiger partial charge in [0.05, 0.1) is 12.2 Å². The number of nitrogens with one attached hydrogen (secondary N) is 1. The number of hydrogen-bond donors (Lipinski definition) is 2. The fraction of sp³-hybridized carbons (Fsp3) is 0.500. The van der Waals surface area contributed by atoms with Crippen molar-refractivity contribution in [3.8, 4) is 5.69 Å². The predicted molar refractivity (Wildman–Crippen MR) is 95.4 cm³/mol. The van der Waals surface area contributed by atoms with Crippen LogP contribution < -0.4 is 5.32 Å². The van der Waals surface area contributed by atoms with Gasteiger partial charge in [-0.05, 0) is 60.2 Å². The molecule has 9 heteroatoms. The second-order valence-corrected chi connectivity index (χ2v) is 7.37. The summed E-state index contributed by atoms with van der Waals surface area (Å²) in [5.41, 5.74) is 1.27. The summed E-state index contributed by atoms with van der Waals surface area (Å²) in [6.45, 7) is 0.932. The molecule has 1 aromatic carbocycles. The summed E-state index contributed by atoms with van der Waals surface area (Å²) in [5, 5.41) is 23.2. The van der Waals surface area contributed by atoms with Crippen LogP contribution >= 0.6 is 0 Å². The van der Waals surface area contributed by atoms with Gasteiger partial charge in [-0.2, -0.15) is 0 Å². The molecule has 2 fully saturated rings. The number of aliphatic carboxylic acids is 1. The van der Waals surface area contributed by atoms with Gasteiger partial charge in [-0.15, -0.1) is 5.10 Å². The Kier molecular flexibility index (Phi) is 4.85. The van der Waals surface area contributed by atoms with Crippen molar-refractivity contribution in [1.82, 2.24) is 30.4 Å². The van der Waals surface area contributed by atoms with Gasteiger partial charge in [0.25, 0.3) is 5.91 Å². The highest BCUT2D eigenvalue weighted by atomic mass is 16.4. The zero-order chi connectivity index (χ0) is 18.8. The van der Waals surface area contributed by atoms with Crippen molar-refractivity contribution in [2.75, 3.05) is 13.1 Å². The van der Waals surface area contributed by atoms with Crippen LogP contribution in [0, 0.1) is 5.92 Å². The van der Waals surface area contributed by atoms with Crippen LogP contribution in [0.5, 0.6) is 0 Å². The topological polar surface area (TPSA) is 113 Å². The van der Waals surface area contributed by atoms with E-state index in [-0.39, 0.29) is 24.5 Å². The maximum atomic E-state index is 12.5. The Morgan fingerprint density at radius 3 is 2.78 bits per heavy atom. The second kappa shape index (κ2) is 7.43. The standard InChI is InChI=1S/C18H22N6O3/c25-17(26)10-23(9-12-4-5-12)16-7-14(8-16)20-18(27)13-2-1-3-15(6-13)24-11-19-21-22-24/h1-3,6,11-12,14,16H,4-5,7-10H2,(H,20,27)(H,25,26). The SMILES string of the molecule is O=C(O)CN(CC1CC1)C1CC(NC(=O)c2cccc(-n3cnnn3)c2)C1.